The zero-order valence-corrected chi connectivity index (χ0v) is 23.8. The molecule has 3 heterocycles. The van der Waals surface area contributed by atoms with Crippen molar-refractivity contribution in [1.29, 1.82) is 0 Å². The fourth-order valence-corrected chi connectivity index (χ4v) is 6.68. The van der Waals surface area contributed by atoms with Crippen molar-refractivity contribution in [3.63, 3.8) is 0 Å². The van der Waals surface area contributed by atoms with Crippen LogP contribution in [0.3, 0.4) is 0 Å². The molecule has 2 aromatic rings. The standard InChI is InChI=1S/C28H38N4O6S/c1-4-7-21-25(19-34)30(3)28(35)23-18-24(29-27(21)23)22-17-20(8-9-26(22)38-16-5-2)39(36,37)32-13-11-31(12-14-32)10-6-15-33/h8-9,17,19,33H,4-7,10-16,18H2,1-3H3. The molecule has 0 radical (unpaired) electrons. The fraction of sp³-hybridized carbons (Fsp3) is 0.536. The van der Waals surface area contributed by atoms with Crippen molar-refractivity contribution < 1.29 is 23.1 Å². The minimum Gasteiger partial charge on any atom is -0.493 e. The lowest BCUT2D eigenvalue weighted by Crippen LogP contribution is -2.48. The van der Waals surface area contributed by atoms with E-state index in [1.807, 2.05) is 13.8 Å². The summed E-state index contributed by atoms with van der Waals surface area (Å²) in [5.41, 5.74) is 2.91. The van der Waals surface area contributed by atoms with Crippen LogP contribution in [0, 0.1) is 0 Å². The predicted octanol–water partition coefficient (Wildman–Crippen LogP) is 2.30. The maximum atomic E-state index is 13.6. The number of nitrogens with zero attached hydrogens (tertiary/aromatic N) is 4. The molecule has 2 aliphatic heterocycles. The molecule has 212 valence electrons. The summed E-state index contributed by atoms with van der Waals surface area (Å²) in [5, 5.41) is 9.09. The van der Waals surface area contributed by atoms with Crippen LogP contribution in [0.15, 0.2) is 32.9 Å². The minimum absolute atomic E-state index is 0.115. The van der Waals surface area contributed by atoms with Gasteiger partial charge in [0.2, 0.25) is 10.0 Å². The summed E-state index contributed by atoms with van der Waals surface area (Å²) >= 11 is 0. The molecule has 0 bridgehead atoms. The van der Waals surface area contributed by atoms with E-state index in [1.165, 1.54) is 8.87 Å². The number of benzene rings is 1. The third-order valence-electron chi connectivity index (χ3n) is 7.33. The lowest BCUT2D eigenvalue weighted by atomic mass is 10.00. The second kappa shape index (κ2) is 12.5. The molecule has 1 saturated heterocycles. The van der Waals surface area contributed by atoms with E-state index >= 15 is 0 Å². The molecular formula is C28H38N4O6S. The Hall–Kier alpha value is -2.86. The Morgan fingerprint density at radius 3 is 2.51 bits per heavy atom. The van der Waals surface area contributed by atoms with E-state index in [0.29, 0.717) is 85.9 Å². The number of carbonyl (C=O) groups excluding carboxylic acids is 1. The molecule has 0 atom stereocenters. The van der Waals surface area contributed by atoms with Gasteiger partial charge in [0.25, 0.3) is 5.56 Å². The number of aliphatic hydroxyl groups excluding tert-OH is 1. The van der Waals surface area contributed by atoms with Crippen molar-refractivity contribution in [1.82, 2.24) is 13.8 Å². The summed E-state index contributed by atoms with van der Waals surface area (Å²) in [5.74, 6) is 0.514. The third-order valence-corrected chi connectivity index (χ3v) is 9.23. The predicted molar refractivity (Wildman–Crippen MR) is 150 cm³/mol. The number of piperazine rings is 1. The van der Waals surface area contributed by atoms with Crippen LogP contribution in [0.1, 0.15) is 60.3 Å². The molecule has 39 heavy (non-hydrogen) atoms. The molecule has 0 unspecified atom stereocenters. The van der Waals surface area contributed by atoms with Crippen LogP contribution >= 0.6 is 0 Å². The van der Waals surface area contributed by atoms with Gasteiger partial charge < -0.3 is 19.3 Å². The third kappa shape index (κ3) is 5.86. The van der Waals surface area contributed by atoms with Crippen LogP contribution < -0.4 is 10.3 Å². The Balaban J connectivity index is 1.72. The number of aldehydes is 1. The summed E-state index contributed by atoms with van der Waals surface area (Å²) < 4.78 is 36.1. The normalized spacial score (nSPS) is 16.3. The first kappa shape index (κ1) is 29.1. The number of hydrogen-bond donors (Lipinski definition) is 1. The maximum Gasteiger partial charge on any atom is 0.256 e. The monoisotopic (exact) mass is 558 g/mol. The van der Waals surface area contributed by atoms with Crippen molar-refractivity contribution in [3.8, 4) is 5.75 Å². The first-order valence-corrected chi connectivity index (χ1v) is 15.1. The van der Waals surface area contributed by atoms with Crippen LogP contribution in [0.4, 0.5) is 5.69 Å². The van der Waals surface area contributed by atoms with E-state index < -0.39 is 10.0 Å². The van der Waals surface area contributed by atoms with Crippen molar-refractivity contribution in [2.45, 2.75) is 50.8 Å². The van der Waals surface area contributed by atoms with Crippen LogP contribution in [-0.4, -0.2) is 85.2 Å². The minimum atomic E-state index is -3.77. The number of carbonyl (C=O) groups is 1. The SMILES string of the molecule is CCCOc1ccc(S(=O)(=O)N2CCN(CCCO)CC2)cc1C1=Nc2c(CCC)c(C=O)n(C)c(=O)c2C1. The second-order valence-corrected chi connectivity index (χ2v) is 11.9. The van der Waals surface area contributed by atoms with Crippen LogP contribution in [0.25, 0.3) is 0 Å². The maximum absolute atomic E-state index is 13.6. The van der Waals surface area contributed by atoms with Gasteiger partial charge in [-0.05, 0) is 37.5 Å². The number of aromatic nitrogens is 1. The zero-order chi connectivity index (χ0) is 28.2. The molecule has 0 spiro atoms. The fourth-order valence-electron chi connectivity index (χ4n) is 5.23. The molecule has 0 amide bonds. The first-order valence-electron chi connectivity index (χ1n) is 13.6. The van der Waals surface area contributed by atoms with Gasteiger partial charge in [0.05, 0.1) is 28.6 Å². The molecule has 1 aromatic carbocycles. The Morgan fingerprint density at radius 2 is 1.87 bits per heavy atom. The van der Waals surface area contributed by atoms with Gasteiger partial charge in [-0.15, -0.1) is 0 Å². The van der Waals surface area contributed by atoms with Gasteiger partial charge in [-0.2, -0.15) is 4.31 Å². The summed E-state index contributed by atoms with van der Waals surface area (Å²) in [6.07, 6.45) is 3.75. The van der Waals surface area contributed by atoms with Crippen LogP contribution in [0.5, 0.6) is 5.75 Å². The van der Waals surface area contributed by atoms with Crippen molar-refractivity contribution in [2.24, 2.45) is 12.0 Å². The van der Waals surface area contributed by atoms with Crippen LogP contribution in [0.2, 0.25) is 0 Å². The van der Waals surface area contributed by atoms with E-state index in [4.69, 9.17) is 14.8 Å². The Labute approximate surface area is 230 Å². The van der Waals surface area contributed by atoms with E-state index in [1.54, 1.807) is 25.2 Å². The van der Waals surface area contributed by atoms with Gasteiger partial charge >= 0.3 is 0 Å². The van der Waals surface area contributed by atoms with E-state index in [0.717, 1.165) is 24.9 Å². The van der Waals surface area contributed by atoms with Crippen LogP contribution in [-0.2, 0) is 29.9 Å². The van der Waals surface area contributed by atoms with Gasteiger partial charge in [0.1, 0.15) is 5.75 Å². The lowest BCUT2D eigenvalue weighted by Gasteiger charge is -2.34. The highest BCUT2D eigenvalue weighted by atomic mass is 32.2. The summed E-state index contributed by atoms with van der Waals surface area (Å²) in [6, 6.07) is 4.84. The molecule has 2 aliphatic rings. The van der Waals surface area contributed by atoms with Gasteiger partial charge in [0.15, 0.2) is 6.29 Å². The number of rotatable bonds is 12. The molecular weight excluding hydrogens is 520 g/mol. The van der Waals surface area contributed by atoms with Gasteiger partial charge in [-0.1, -0.05) is 20.3 Å². The number of aliphatic hydroxyl groups is 1. The van der Waals surface area contributed by atoms with E-state index in [2.05, 4.69) is 4.90 Å². The molecule has 11 heteroatoms. The van der Waals surface area contributed by atoms with Gasteiger partial charge in [0, 0.05) is 69.5 Å². The number of sulfonamides is 1. The average Bonchev–Trinajstić information content (AvgIpc) is 3.39. The molecule has 0 aliphatic carbocycles. The Kier molecular flexibility index (Phi) is 9.37. The molecule has 10 nitrogen and oxygen atoms in total. The highest BCUT2D eigenvalue weighted by Gasteiger charge is 2.31. The largest absolute Gasteiger partial charge is 0.493 e. The quantitative estimate of drug-likeness (QED) is 0.397. The van der Waals surface area contributed by atoms with E-state index in [-0.39, 0.29) is 23.5 Å². The Bertz CT molecular complexity index is 1410. The Morgan fingerprint density at radius 1 is 1.13 bits per heavy atom. The second-order valence-electron chi connectivity index (χ2n) is 9.99. The number of fused-ring (bicyclic) bond motifs is 1. The smallest absolute Gasteiger partial charge is 0.256 e. The summed E-state index contributed by atoms with van der Waals surface area (Å²) in [7, 11) is -2.18. The molecule has 1 aromatic heterocycles. The highest BCUT2D eigenvalue weighted by molar-refractivity contribution is 7.89. The van der Waals surface area contributed by atoms with Gasteiger partial charge in [-0.3, -0.25) is 14.6 Å². The molecule has 4 rings (SSSR count). The number of aliphatic imine (C=N–C) groups is 1. The summed E-state index contributed by atoms with van der Waals surface area (Å²) in [4.78, 5) is 32.1. The van der Waals surface area contributed by atoms with E-state index in [9.17, 15) is 18.0 Å². The van der Waals surface area contributed by atoms with Crippen molar-refractivity contribution in [3.05, 3.63) is 50.9 Å². The average molecular weight is 559 g/mol. The topological polar surface area (TPSA) is 122 Å². The molecule has 0 saturated carbocycles. The first-order chi connectivity index (χ1) is 18.8. The van der Waals surface area contributed by atoms with Crippen molar-refractivity contribution in [2.75, 3.05) is 45.9 Å². The number of pyridine rings is 1. The molecule has 1 N–H and O–H groups in total. The highest BCUT2D eigenvalue weighted by Crippen LogP contribution is 2.36. The summed E-state index contributed by atoms with van der Waals surface area (Å²) in [6.45, 7) is 7.25. The number of ether oxygens (including phenoxy) is 1. The lowest BCUT2D eigenvalue weighted by molar-refractivity contribution is 0.111. The zero-order valence-electron chi connectivity index (χ0n) is 23.0. The van der Waals surface area contributed by atoms with Gasteiger partial charge in [-0.25, -0.2) is 8.42 Å². The van der Waals surface area contributed by atoms with Crippen molar-refractivity contribution >= 4 is 27.7 Å². The molecule has 1 fully saturated rings. The number of hydrogen-bond acceptors (Lipinski definition) is 8.